The van der Waals surface area contributed by atoms with Crippen molar-refractivity contribution in [2.24, 2.45) is 0 Å². The summed E-state index contributed by atoms with van der Waals surface area (Å²) in [7, 11) is 0. The van der Waals surface area contributed by atoms with Crippen LogP contribution in [0.15, 0.2) is 0 Å². The first-order valence-electron chi connectivity index (χ1n) is 8.87. The molecule has 0 bridgehead atoms. The minimum absolute atomic E-state index is 0.335. The standard InChI is InChI=1S/C17H34N2O/c1-3-17(4-2)15-19(12-8-11-18-17)13-14-20-16-9-6-5-7-10-16/h16,18H,3-15H2,1-2H3. The molecule has 2 rings (SSSR count). The zero-order valence-electron chi connectivity index (χ0n) is 13.6. The Hall–Kier alpha value is -0.120. The third-order valence-corrected chi connectivity index (χ3v) is 5.34. The fourth-order valence-electron chi connectivity index (χ4n) is 3.71. The van der Waals surface area contributed by atoms with Crippen LogP contribution in [-0.2, 0) is 4.74 Å². The van der Waals surface area contributed by atoms with Crippen molar-refractivity contribution in [3.63, 3.8) is 0 Å². The molecule has 0 radical (unpaired) electrons. The van der Waals surface area contributed by atoms with E-state index in [0.29, 0.717) is 11.6 Å². The molecule has 3 heteroatoms. The molecule has 3 nitrogen and oxygen atoms in total. The Labute approximate surface area is 125 Å². The van der Waals surface area contributed by atoms with Gasteiger partial charge < -0.3 is 10.1 Å². The Morgan fingerprint density at radius 1 is 1.10 bits per heavy atom. The normalized spacial score (nSPS) is 25.5. The molecule has 118 valence electrons. The van der Waals surface area contributed by atoms with Crippen molar-refractivity contribution >= 4 is 0 Å². The van der Waals surface area contributed by atoms with Gasteiger partial charge in [0.1, 0.15) is 0 Å². The quantitative estimate of drug-likeness (QED) is 0.810. The summed E-state index contributed by atoms with van der Waals surface area (Å²) < 4.78 is 6.10. The Morgan fingerprint density at radius 3 is 2.55 bits per heavy atom. The minimum atomic E-state index is 0.335. The van der Waals surface area contributed by atoms with Crippen LogP contribution in [0.3, 0.4) is 0 Å². The van der Waals surface area contributed by atoms with E-state index in [9.17, 15) is 0 Å². The van der Waals surface area contributed by atoms with Gasteiger partial charge in [-0.2, -0.15) is 0 Å². The summed E-state index contributed by atoms with van der Waals surface area (Å²) in [6, 6.07) is 0. The van der Waals surface area contributed by atoms with Crippen molar-refractivity contribution in [3.8, 4) is 0 Å². The van der Waals surface area contributed by atoms with Crippen molar-refractivity contribution < 1.29 is 4.74 Å². The van der Waals surface area contributed by atoms with E-state index >= 15 is 0 Å². The van der Waals surface area contributed by atoms with Gasteiger partial charge in [0, 0.05) is 18.6 Å². The first kappa shape index (κ1) is 16.3. The minimum Gasteiger partial charge on any atom is -0.377 e. The van der Waals surface area contributed by atoms with Crippen LogP contribution in [0.5, 0.6) is 0 Å². The molecule has 0 spiro atoms. The number of nitrogens with zero attached hydrogens (tertiary/aromatic N) is 1. The smallest absolute Gasteiger partial charge is 0.0597 e. The number of ether oxygens (including phenoxy) is 1. The second-order valence-electron chi connectivity index (χ2n) is 6.67. The highest BCUT2D eigenvalue weighted by Gasteiger charge is 2.30. The monoisotopic (exact) mass is 282 g/mol. The van der Waals surface area contributed by atoms with Gasteiger partial charge in [-0.05, 0) is 45.2 Å². The molecule has 0 atom stereocenters. The molecule has 1 saturated heterocycles. The second kappa shape index (κ2) is 8.35. The Balaban J connectivity index is 1.73. The summed E-state index contributed by atoms with van der Waals surface area (Å²) in [4.78, 5) is 2.62. The van der Waals surface area contributed by atoms with Crippen LogP contribution in [0.4, 0.5) is 0 Å². The molecule has 0 aromatic heterocycles. The fraction of sp³-hybridized carbons (Fsp3) is 1.00. The maximum atomic E-state index is 6.10. The second-order valence-corrected chi connectivity index (χ2v) is 6.67. The summed E-state index contributed by atoms with van der Waals surface area (Å²) >= 11 is 0. The van der Waals surface area contributed by atoms with Gasteiger partial charge in [0.05, 0.1) is 12.7 Å². The lowest BCUT2D eigenvalue weighted by atomic mass is 9.92. The molecule has 0 amide bonds. The average Bonchev–Trinajstić information content (AvgIpc) is 2.71. The number of nitrogens with one attached hydrogen (secondary N) is 1. The van der Waals surface area contributed by atoms with Crippen molar-refractivity contribution in [1.82, 2.24) is 10.2 Å². The number of hydrogen-bond acceptors (Lipinski definition) is 3. The summed E-state index contributed by atoms with van der Waals surface area (Å²) in [5.74, 6) is 0. The van der Waals surface area contributed by atoms with E-state index in [2.05, 4.69) is 24.1 Å². The van der Waals surface area contributed by atoms with E-state index in [0.717, 1.165) is 13.2 Å². The molecular formula is C17H34N2O. The lowest BCUT2D eigenvalue weighted by molar-refractivity contribution is 0.0138. The van der Waals surface area contributed by atoms with E-state index in [4.69, 9.17) is 4.74 Å². The maximum Gasteiger partial charge on any atom is 0.0597 e. The molecular weight excluding hydrogens is 248 g/mol. The molecule has 2 aliphatic rings. The first-order valence-corrected chi connectivity index (χ1v) is 8.87. The molecule has 1 saturated carbocycles. The van der Waals surface area contributed by atoms with Gasteiger partial charge in [-0.15, -0.1) is 0 Å². The molecule has 1 aliphatic heterocycles. The lowest BCUT2D eigenvalue weighted by Gasteiger charge is -2.35. The molecule has 2 fully saturated rings. The highest BCUT2D eigenvalue weighted by molar-refractivity contribution is 4.91. The van der Waals surface area contributed by atoms with Crippen LogP contribution in [0.2, 0.25) is 0 Å². The van der Waals surface area contributed by atoms with Gasteiger partial charge in [0.15, 0.2) is 0 Å². The van der Waals surface area contributed by atoms with Crippen LogP contribution in [0, 0.1) is 0 Å². The average molecular weight is 282 g/mol. The fourth-order valence-corrected chi connectivity index (χ4v) is 3.71. The van der Waals surface area contributed by atoms with Crippen LogP contribution in [-0.4, -0.2) is 49.3 Å². The topological polar surface area (TPSA) is 24.5 Å². The Kier molecular flexibility index (Phi) is 6.79. The van der Waals surface area contributed by atoms with Crippen molar-refractivity contribution in [1.29, 1.82) is 0 Å². The summed E-state index contributed by atoms with van der Waals surface area (Å²) in [5.41, 5.74) is 0.335. The zero-order valence-corrected chi connectivity index (χ0v) is 13.6. The summed E-state index contributed by atoms with van der Waals surface area (Å²) in [5, 5.41) is 3.78. The molecule has 1 aliphatic carbocycles. The lowest BCUT2D eigenvalue weighted by Crippen LogP contribution is -2.51. The van der Waals surface area contributed by atoms with Crippen molar-refractivity contribution in [2.45, 2.75) is 76.9 Å². The van der Waals surface area contributed by atoms with Crippen LogP contribution in [0.1, 0.15) is 65.2 Å². The molecule has 0 unspecified atom stereocenters. The predicted molar refractivity (Wildman–Crippen MR) is 85.2 cm³/mol. The summed E-state index contributed by atoms with van der Waals surface area (Å²) in [6.07, 6.45) is 11.0. The highest BCUT2D eigenvalue weighted by Crippen LogP contribution is 2.21. The molecule has 20 heavy (non-hydrogen) atoms. The molecule has 1 heterocycles. The molecule has 1 N–H and O–H groups in total. The number of rotatable bonds is 6. The van der Waals surface area contributed by atoms with Gasteiger partial charge in [0.2, 0.25) is 0 Å². The van der Waals surface area contributed by atoms with Crippen LogP contribution >= 0.6 is 0 Å². The van der Waals surface area contributed by atoms with Gasteiger partial charge in [-0.1, -0.05) is 33.1 Å². The van der Waals surface area contributed by atoms with Crippen molar-refractivity contribution in [3.05, 3.63) is 0 Å². The molecule has 0 aromatic rings. The summed E-state index contributed by atoms with van der Waals surface area (Å²) in [6.45, 7) is 10.3. The van der Waals surface area contributed by atoms with E-state index in [1.54, 1.807) is 0 Å². The predicted octanol–water partition coefficient (Wildman–Crippen LogP) is 3.19. The zero-order chi connectivity index (χ0) is 14.3. The van der Waals surface area contributed by atoms with Gasteiger partial charge in [0.25, 0.3) is 0 Å². The third-order valence-electron chi connectivity index (χ3n) is 5.34. The Morgan fingerprint density at radius 2 is 1.85 bits per heavy atom. The van der Waals surface area contributed by atoms with E-state index in [1.807, 2.05) is 0 Å². The van der Waals surface area contributed by atoms with Crippen LogP contribution in [0.25, 0.3) is 0 Å². The van der Waals surface area contributed by atoms with E-state index in [-0.39, 0.29) is 0 Å². The number of hydrogen-bond donors (Lipinski definition) is 1. The van der Waals surface area contributed by atoms with Gasteiger partial charge in [-0.3, -0.25) is 4.90 Å². The highest BCUT2D eigenvalue weighted by atomic mass is 16.5. The SMILES string of the molecule is CCC1(CC)CN(CCOC2CCCCC2)CCCN1. The van der Waals surface area contributed by atoms with Crippen LogP contribution < -0.4 is 5.32 Å². The first-order chi connectivity index (χ1) is 9.78. The Bertz CT molecular complexity index is 260. The van der Waals surface area contributed by atoms with Gasteiger partial charge in [-0.25, -0.2) is 0 Å². The van der Waals surface area contributed by atoms with E-state index in [1.165, 1.54) is 71.0 Å². The molecule has 0 aromatic carbocycles. The third kappa shape index (κ3) is 4.71. The van der Waals surface area contributed by atoms with Gasteiger partial charge >= 0.3 is 0 Å². The largest absolute Gasteiger partial charge is 0.377 e. The van der Waals surface area contributed by atoms with Crippen molar-refractivity contribution in [2.75, 3.05) is 32.8 Å². The van der Waals surface area contributed by atoms with E-state index < -0.39 is 0 Å². The maximum absolute atomic E-state index is 6.10.